The number of hydrogen-bond acceptors (Lipinski definition) is 4. The van der Waals surface area contributed by atoms with Gasteiger partial charge >= 0.3 is 0 Å². The van der Waals surface area contributed by atoms with Crippen LogP contribution < -0.4 is 11.2 Å². The molecule has 0 rings (SSSR count). The molecule has 3 N–H and O–H groups in total. The van der Waals surface area contributed by atoms with Crippen molar-refractivity contribution in [2.45, 2.75) is 6.42 Å². The summed E-state index contributed by atoms with van der Waals surface area (Å²) in [6, 6.07) is 0. The van der Waals surface area contributed by atoms with Crippen LogP contribution in [-0.4, -0.2) is 44.8 Å². The van der Waals surface area contributed by atoms with E-state index in [1.807, 2.05) is 7.05 Å². The molecule has 0 unspecified atom stereocenters. The van der Waals surface area contributed by atoms with Crippen molar-refractivity contribution in [1.82, 2.24) is 10.2 Å². The lowest BCUT2D eigenvalue weighted by Gasteiger charge is -2.14. The molecule has 0 spiro atoms. The van der Waals surface area contributed by atoms with E-state index in [4.69, 9.17) is 5.84 Å². The zero-order valence-electron chi connectivity index (χ0n) is 7.38. The Morgan fingerprint density at radius 1 is 1.55 bits per heavy atom. The Balaban J connectivity index is 3.15. The second-order valence-electron chi connectivity index (χ2n) is 2.53. The molecule has 66 valence electrons. The van der Waals surface area contributed by atoms with Crippen molar-refractivity contribution < 1.29 is 0 Å². The van der Waals surface area contributed by atoms with E-state index in [9.17, 15) is 0 Å². The molecule has 4 heteroatoms. The van der Waals surface area contributed by atoms with Crippen molar-refractivity contribution in [3.8, 4) is 0 Å². The van der Waals surface area contributed by atoms with Gasteiger partial charge < -0.3 is 16.1 Å². The minimum absolute atomic E-state index is 0.927. The lowest BCUT2D eigenvalue weighted by Crippen LogP contribution is -2.28. The lowest BCUT2D eigenvalue weighted by molar-refractivity contribution is 0.346. The first-order chi connectivity index (χ1) is 5.31. The Hall–Kier alpha value is -0.610. The largest absolute Gasteiger partial charge is 0.324 e. The molecule has 0 aliphatic rings. The average molecular weight is 158 g/mol. The van der Waals surface area contributed by atoms with Gasteiger partial charge in [0, 0.05) is 25.8 Å². The Labute approximate surface area is 68.4 Å². The molecule has 0 bridgehead atoms. The van der Waals surface area contributed by atoms with Gasteiger partial charge in [-0.15, -0.1) is 0 Å². The predicted octanol–water partition coefficient (Wildman–Crippen LogP) is -0.528. The first-order valence-electron chi connectivity index (χ1n) is 3.86. The highest BCUT2D eigenvalue weighted by molar-refractivity contribution is 5.56. The van der Waals surface area contributed by atoms with Gasteiger partial charge in [-0.3, -0.25) is 0 Å². The van der Waals surface area contributed by atoms with Crippen LogP contribution in [0.15, 0.2) is 5.10 Å². The summed E-state index contributed by atoms with van der Waals surface area (Å²) in [5, 5.41) is 6.51. The number of nitrogens with two attached hydrogens (primary N) is 1. The number of nitrogens with one attached hydrogen (secondary N) is 1. The Kier molecular flexibility index (Phi) is 7.08. The summed E-state index contributed by atoms with van der Waals surface area (Å²) in [6.07, 6.45) is 2.66. The molecule has 0 atom stereocenters. The van der Waals surface area contributed by atoms with Crippen molar-refractivity contribution in [2.24, 2.45) is 10.9 Å². The van der Waals surface area contributed by atoms with Gasteiger partial charge in [0.05, 0.1) is 0 Å². The highest BCUT2D eigenvalue weighted by Gasteiger charge is 1.93. The van der Waals surface area contributed by atoms with E-state index in [1.165, 1.54) is 0 Å². The van der Waals surface area contributed by atoms with Crippen molar-refractivity contribution in [2.75, 3.05) is 33.7 Å². The van der Waals surface area contributed by atoms with Crippen molar-refractivity contribution in [3.63, 3.8) is 0 Å². The molecular formula is C7H18N4. The van der Waals surface area contributed by atoms with Crippen LogP contribution >= 0.6 is 0 Å². The Morgan fingerprint density at radius 3 is 2.82 bits per heavy atom. The van der Waals surface area contributed by atoms with E-state index in [0.717, 1.165) is 26.1 Å². The van der Waals surface area contributed by atoms with Gasteiger partial charge in [-0.1, -0.05) is 0 Å². The highest BCUT2D eigenvalue weighted by atomic mass is 15.1. The van der Waals surface area contributed by atoms with Gasteiger partial charge in [-0.05, 0) is 20.5 Å². The zero-order valence-corrected chi connectivity index (χ0v) is 7.38. The smallest absolute Gasteiger partial charge is 0.0253 e. The zero-order chi connectivity index (χ0) is 8.53. The highest BCUT2D eigenvalue weighted by Crippen LogP contribution is 1.82. The lowest BCUT2D eigenvalue weighted by atomic mass is 10.4. The summed E-state index contributed by atoms with van der Waals surface area (Å²) in [5.74, 6) is 4.95. The van der Waals surface area contributed by atoms with Crippen LogP contribution in [0.3, 0.4) is 0 Å². The number of rotatable bonds is 6. The maximum atomic E-state index is 4.95. The molecule has 0 amide bonds. The Morgan fingerprint density at radius 2 is 2.27 bits per heavy atom. The van der Waals surface area contributed by atoms with Crippen LogP contribution in [0.1, 0.15) is 6.42 Å². The van der Waals surface area contributed by atoms with Crippen molar-refractivity contribution >= 4 is 6.21 Å². The van der Waals surface area contributed by atoms with E-state index in [-0.39, 0.29) is 0 Å². The minimum atomic E-state index is 0.927. The molecule has 0 saturated carbocycles. The first kappa shape index (κ1) is 10.4. The van der Waals surface area contributed by atoms with Crippen LogP contribution in [0.25, 0.3) is 0 Å². The molecule has 0 aromatic rings. The van der Waals surface area contributed by atoms with Crippen LogP contribution in [0.4, 0.5) is 0 Å². The van der Waals surface area contributed by atoms with Crippen molar-refractivity contribution in [3.05, 3.63) is 0 Å². The standard InChI is InChI=1S/C7H18N4/c1-9-5-7-11(2)6-3-4-10-8/h4,9H,3,5-8H2,1-2H3/b10-4-. The van der Waals surface area contributed by atoms with Gasteiger partial charge in [0.25, 0.3) is 0 Å². The number of hydrogen-bond donors (Lipinski definition) is 2. The molecule has 0 radical (unpaired) electrons. The normalized spacial score (nSPS) is 11.5. The molecular weight excluding hydrogens is 140 g/mol. The number of likely N-dealkylation sites (N-methyl/N-ethyl adjacent to an activating group) is 2. The van der Waals surface area contributed by atoms with E-state index in [2.05, 4.69) is 22.4 Å². The van der Waals surface area contributed by atoms with Crippen molar-refractivity contribution in [1.29, 1.82) is 0 Å². The van der Waals surface area contributed by atoms with E-state index < -0.39 is 0 Å². The second kappa shape index (κ2) is 7.50. The van der Waals surface area contributed by atoms with Gasteiger partial charge in [-0.25, -0.2) is 0 Å². The predicted molar refractivity (Wildman–Crippen MR) is 48.7 cm³/mol. The van der Waals surface area contributed by atoms with Gasteiger partial charge in [0.2, 0.25) is 0 Å². The summed E-state index contributed by atoms with van der Waals surface area (Å²) >= 11 is 0. The SMILES string of the molecule is CNCCN(C)CC/C=N\N. The van der Waals surface area contributed by atoms with Crippen LogP contribution in [0.5, 0.6) is 0 Å². The minimum Gasteiger partial charge on any atom is -0.324 e. The third-order valence-electron chi connectivity index (χ3n) is 1.49. The maximum Gasteiger partial charge on any atom is 0.0253 e. The summed E-state index contributed by atoms with van der Waals surface area (Å²) in [5.41, 5.74) is 0. The Bertz CT molecular complexity index is 103. The second-order valence-corrected chi connectivity index (χ2v) is 2.53. The fourth-order valence-electron chi connectivity index (χ4n) is 0.767. The molecule has 0 aromatic carbocycles. The van der Waals surface area contributed by atoms with Crippen LogP contribution in [-0.2, 0) is 0 Å². The third kappa shape index (κ3) is 7.29. The quantitative estimate of drug-likeness (QED) is 0.310. The van der Waals surface area contributed by atoms with Gasteiger partial charge in [0.1, 0.15) is 0 Å². The molecule has 0 aliphatic heterocycles. The molecule has 4 nitrogen and oxygen atoms in total. The molecule has 0 saturated heterocycles. The fourth-order valence-corrected chi connectivity index (χ4v) is 0.767. The van der Waals surface area contributed by atoms with E-state index >= 15 is 0 Å². The maximum absolute atomic E-state index is 4.95. The molecule has 0 fully saturated rings. The fraction of sp³-hybridized carbons (Fsp3) is 0.857. The molecule has 0 aliphatic carbocycles. The third-order valence-corrected chi connectivity index (χ3v) is 1.49. The molecule has 0 heterocycles. The summed E-state index contributed by atoms with van der Waals surface area (Å²) < 4.78 is 0. The molecule has 11 heavy (non-hydrogen) atoms. The number of hydrazone groups is 1. The number of nitrogens with zero attached hydrogens (tertiary/aromatic N) is 2. The average Bonchev–Trinajstić information content (AvgIpc) is 2.01. The monoisotopic (exact) mass is 158 g/mol. The van der Waals surface area contributed by atoms with Crippen LogP contribution in [0, 0.1) is 0 Å². The topological polar surface area (TPSA) is 53.6 Å². The van der Waals surface area contributed by atoms with E-state index in [1.54, 1.807) is 6.21 Å². The summed E-state index contributed by atoms with van der Waals surface area (Å²) in [6.45, 7) is 3.10. The van der Waals surface area contributed by atoms with Crippen LogP contribution in [0.2, 0.25) is 0 Å². The summed E-state index contributed by atoms with van der Waals surface area (Å²) in [7, 11) is 4.04. The van der Waals surface area contributed by atoms with Gasteiger partial charge in [-0.2, -0.15) is 5.10 Å². The summed E-state index contributed by atoms with van der Waals surface area (Å²) in [4.78, 5) is 2.23. The van der Waals surface area contributed by atoms with E-state index in [0.29, 0.717) is 0 Å². The van der Waals surface area contributed by atoms with Gasteiger partial charge in [0.15, 0.2) is 0 Å². The first-order valence-corrected chi connectivity index (χ1v) is 3.86. The molecule has 0 aromatic heterocycles.